The number of aromatic nitrogens is 1. The molecule has 0 atom stereocenters. The van der Waals surface area contributed by atoms with Crippen LogP contribution in [0.2, 0.25) is 0 Å². The first-order valence-corrected chi connectivity index (χ1v) is 7.72. The molecule has 23 heavy (non-hydrogen) atoms. The van der Waals surface area contributed by atoms with Gasteiger partial charge in [0.05, 0.1) is 0 Å². The van der Waals surface area contributed by atoms with Crippen LogP contribution in [-0.4, -0.2) is 30.4 Å². The summed E-state index contributed by atoms with van der Waals surface area (Å²) in [5, 5.41) is 2.91. The smallest absolute Gasteiger partial charge is 0.251 e. The molecule has 1 aromatic heterocycles. The van der Waals surface area contributed by atoms with Crippen molar-refractivity contribution in [3.8, 4) is 0 Å². The summed E-state index contributed by atoms with van der Waals surface area (Å²) in [4.78, 5) is 29.3. The average molecular weight is 309 g/mol. The Morgan fingerprint density at radius 2 is 2.00 bits per heavy atom. The van der Waals surface area contributed by atoms with E-state index in [1.54, 1.807) is 29.4 Å². The molecule has 0 bridgehead atoms. The van der Waals surface area contributed by atoms with Gasteiger partial charge in [0, 0.05) is 43.7 Å². The zero-order chi connectivity index (χ0) is 16.2. The van der Waals surface area contributed by atoms with Crippen LogP contribution in [-0.2, 0) is 17.6 Å². The minimum atomic E-state index is -0.0873. The van der Waals surface area contributed by atoms with Gasteiger partial charge in [-0.05, 0) is 42.2 Å². The van der Waals surface area contributed by atoms with Crippen molar-refractivity contribution < 1.29 is 9.59 Å². The van der Waals surface area contributed by atoms with E-state index in [0.717, 1.165) is 18.5 Å². The fourth-order valence-corrected chi connectivity index (χ4v) is 2.79. The maximum absolute atomic E-state index is 12.0. The van der Waals surface area contributed by atoms with Crippen LogP contribution in [0, 0.1) is 0 Å². The van der Waals surface area contributed by atoms with E-state index in [2.05, 4.69) is 16.4 Å². The number of aryl methyl sites for hydroxylation is 1. The Labute approximate surface area is 135 Å². The van der Waals surface area contributed by atoms with Gasteiger partial charge in [-0.3, -0.25) is 14.6 Å². The number of hydrogen-bond acceptors (Lipinski definition) is 3. The molecule has 3 rings (SSSR count). The van der Waals surface area contributed by atoms with Crippen molar-refractivity contribution in [3.63, 3.8) is 0 Å². The van der Waals surface area contributed by atoms with E-state index in [4.69, 9.17) is 0 Å². The number of carbonyl (C=O) groups excluding carboxylic acids is 2. The molecule has 0 unspecified atom stereocenters. The normalized spacial score (nSPS) is 13.6. The van der Waals surface area contributed by atoms with E-state index < -0.39 is 0 Å². The number of amides is 2. The minimum Gasteiger partial charge on any atom is -0.352 e. The molecule has 1 aliphatic heterocycles. The highest BCUT2D eigenvalue weighted by Crippen LogP contribution is 2.27. The maximum atomic E-state index is 12.0. The lowest BCUT2D eigenvalue weighted by molar-refractivity contribution is -0.118. The van der Waals surface area contributed by atoms with E-state index in [0.29, 0.717) is 18.5 Å². The van der Waals surface area contributed by atoms with Crippen LogP contribution >= 0.6 is 0 Å². The molecule has 1 N–H and O–H groups in total. The summed E-state index contributed by atoms with van der Waals surface area (Å²) < 4.78 is 0. The first kappa shape index (κ1) is 15.2. The second kappa shape index (κ2) is 6.60. The standard InChI is InChI=1S/C18H19N3O2/c1-21-16-4-2-13(12-15(16)3-5-17(21)22)6-11-20-18(23)14-7-9-19-10-8-14/h2,4,7-10,12H,3,5-6,11H2,1H3,(H,20,23). The number of nitrogens with zero attached hydrogens (tertiary/aromatic N) is 2. The zero-order valence-electron chi connectivity index (χ0n) is 13.1. The zero-order valence-corrected chi connectivity index (χ0v) is 13.1. The van der Waals surface area contributed by atoms with Gasteiger partial charge < -0.3 is 10.2 Å². The lowest BCUT2D eigenvalue weighted by atomic mass is 9.98. The number of benzene rings is 1. The molecule has 0 saturated carbocycles. The molecule has 1 aromatic carbocycles. The number of rotatable bonds is 4. The summed E-state index contributed by atoms with van der Waals surface area (Å²) in [6, 6.07) is 9.54. The van der Waals surface area contributed by atoms with Gasteiger partial charge >= 0.3 is 0 Å². The summed E-state index contributed by atoms with van der Waals surface area (Å²) in [6.45, 7) is 0.578. The van der Waals surface area contributed by atoms with Crippen molar-refractivity contribution in [1.29, 1.82) is 0 Å². The topological polar surface area (TPSA) is 62.3 Å². The van der Waals surface area contributed by atoms with Crippen molar-refractivity contribution in [3.05, 3.63) is 59.4 Å². The van der Waals surface area contributed by atoms with Gasteiger partial charge in [0.15, 0.2) is 0 Å². The Morgan fingerprint density at radius 3 is 2.78 bits per heavy atom. The summed E-state index contributed by atoms with van der Waals surface area (Å²) in [5.41, 5.74) is 3.97. The fraction of sp³-hybridized carbons (Fsp3) is 0.278. The Balaban J connectivity index is 1.59. The second-order valence-electron chi connectivity index (χ2n) is 5.66. The van der Waals surface area contributed by atoms with Crippen LogP contribution in [0.4, 0.5) is 5.69 Å². The van der Waals surface area contributed by atoms with Crippen LogP contribution in [0.3, 0.4) is 0 Å². The van der Waals surface area contributed by atoms with Crippen molar-refractivity contribution in [2.75, 3.05) is 18.5 Å². The number of anilines is 1. The van der Waals surface area contributed by atoms with Gasteiger partial charge in [-0.15, -0.1) is 0 Å². The Morgan fingerprint density at radius 1 is 1.22 bits per heavy atom. The second-order valence-corrected chi connectivity index (χ2v) is 5.66. The van der Waals surface area contributed by atoms with Gasteiger partial charge in [0.25, 0.3) is 5.91 Å². The molecule has 5 nitrogen and oxygen atoms in total. The monoisotopic (exact) mass is 309 g/mol. The van der Waals surface area contributed by atoms with E-state index in [-0.39, 0.29) is 11.8 Å². The Bertz CT molecular complexity index is 728. The Hall–Kier alpha value is -2.69. The summed E-state index contributed by atoms with van der Waals surface area (Å²) in [6.07, 6.45) is 5.33. The number of hydrogen-bond donors (Lipinski definition) is 1. The van der Waals surface area contributed by atoms with E-state index in [1.165, 1.54) is 11.1 Å². The van der Waals surface area contributed by atoms with Gasteiger partial charge in [-0.1, -0.05) is 12.1 Å². The highest BCUT2D eigenvalue weighted by molar-refractivity contribution is 5.96. The summed E-state index contributed by atoms with van der Waals surface area (Å²) in [7, 11) is 1.81. The third kappa shape index (κ3) is 3.39. The third-order valence-electron chi connectivity index (χ3n) is 4.13. The minimum absolute atomic E-state index is 0.0873. The predicted octanol–water partition coefficient (Wildman–Crippen LogP) is 1.96. The van der Waals surface area contributed by atoms with Gasteiger partial charge in [0.2, 0.25) is 5.91 Å². The third-order valence-corrected chi connectivity index (χ3v) is 4.13. The summed E-state index contributed by atoms with van der Waals surface area (Å²) >= 11 is 0. The molecular weight excluding hydrogens is 290 g/mol. The molecular formula is C18H19N3O2. The SMILES string of the molecule is CN1C(=O)CCc2cc(CCNC(=O)c3ccncc3)ccc21. The Kier molecular flexibility index (Phi) is 4.37. The molecule has 2 aromatic rings. The van der Waals surface area contributed by atoms with Crippen LogP contribution in [0.25, 0.3) is 0 Å². The highest BCUT2D eigenvalue weighted by atomic mass is 16.2. The van der Waals surface area contributed by atoms with Crippen molar-refractivity contribution in [2.45, 2.75) is 19.3 Å². The molecule has 2 amide bonds. The molecule has 1 aliphatic rings. The van der Waals surface area contributed by atoms with E-state index >= 15 is 0 Å². The number of nitrogens with one attached hydrogen (secondary N) is 1. The number of fused-ring (bicyclic) bond motifs is 1. The molecule has 0 fully saturated rings. The van der Waals surface area contributed by atoms with Crippen molar-refractivity contribution >= 4 is 17.5 Å². The number of pyridine rings is 1. The quantitative estimate of drug-likeness (QED) is 0.939. The molecule has 5 heteroatoms. The van der Waals surface area contributed by atoms with Crippen molar-refractivity contribution in [2.24, 2.45) is 0 Å². The predicted molar refractivity (Wildman–Crippen MR) is 88.4 cm³/mol. The average Bonchev–Trinajstić information content (AvgIpc) is 2.59. The lowest BCUT2D eigenvalue weighted by Crippen LogP contribution is -2.31. The van der Waals surface area contributed by atoms with Crippen LogP contribution in [0.5, 0.6) is 0 Å². The largest absolute Gasteiger partial charge is 0.352 e. The fourth-order valence-electron chi connectivity index (χ4n) is 2.79. The lowest BCUT2D eigenvalue weighted by Gasteiger charge is -2.26. The van der Waals surface area contributed by atoms with E-state index in [1.807, 2.05) is 19.2 Å². The molecule has 118 valence electrons. The maximum Gasteiger partial charge on any atom is 0.251 e. The highest BCUT2D eigenvalue weighted by Gasteiger charge is 2.20. The molecule has 0 aliphatic carbocycles. The van der Waals surface area contributed by atoms with E-state index in [9.17, 15) is 9.59 Å². The first-order valence-electron chi connectivity index (χ1n) is 7.72. The first-order chi connectivity index (χ1) is 11.1. The van der Waals surface area contributed by atoms with Gasteiger partial charge in [-0.25, -0.2) is 0 Å². The molecule has 0 radical (unpaired) electrons. The molecule has 0 spiro atoms. The number of carbonyl (C=O) groups is 2. The van der Waals surface area contributed by atoms with Crippen LogP contribution in [0.1, 0.15) is 27.9 Å². The molecule has 0 saturated heterocycles. The van der Waals surface area contributed by atoms with Crippen LogP contribution in [0.15, 0.2) is 42.7 Å². The van der Waals surface area contributed by atoms with Crippen LogP contribution < -0.4 is 10.2 Å². The molecule has 2 heterocycles. The van der Waals surface area contributed by atoms with Gasteiger partial charge in [-0.2, -0.15) is 0 Å². The summed E-state index contributed by atoms with van der Waals surface area (Å²) in [5.74, 6) is 0.0746. The van der Waals surface area contributed by atoms with Crippen molar-refractivity contribution in [1.82, 2.24) is 10.3 Å². The van der Waals surface area contributed by atoms with Gasteiger partial charge in [0.1, 0.15) is 0 Å².